The topological polar surface area (TPSA) is 176 Å². The Morgan fingerprint density at radius 2 is 1.69 bits per heavy atom. The third kappa shape index (κ3) is 13.2. The molecule has 0 fully saturated rings. The van der Waals surface area contributed by atoms with Gasteiger partial charge in [0.05, 0.1) is 25.1 Å². The molecule has 1 aromatic heterocycles. The predicted octanol–water partition coefficient (Wildman–Crippen LogP) is 2.82. The van der Waals surface area contributed by atoms with Crippen LogP contribution in [0.1, 0.15) is 69.6 Å². The van der Waals surface area contributed by atoms with Crippen LogP contribution >= 0.6 is 0 Å². The summed E-state index contributed by atoms with van der Waals surface area (Å²) in [6, 6.07) is 11.3. The summed E-state index contributed by atoms with van der Waals surface area (Å²) in [6.45, 7) is 10.1. The molecular formula is C40H57N7O7. The maximum atomic E-state index is 13.4. The van der Waals surface area contributed by atoms with Gasteiger partial charge in [0.2, 0.25) is 17.7 Å². The van der Waals surface area contributed by atoms with Crippen molar-refractivity contribution in [1.29, 1.82) is 0 Å². The van der Waals surface area contributed by atoms with Crippen molar-refractivity contribution in [1.82, 2.24) is 35.9 Å². The molecule has 0 unspecified atom stereocenters. The molecule has 3 atom stereocenters. The van der Waals surface area contributed by atoms with Gasteiger partial charge < -0.3 is 35.8 Å². The Bertz CT molecular complexity index is 1690. The summed E-state index contributed by atoms with van der Waals surface area (Å²) in [4.78, 5) is 54.6. The van der Waals surface area contributed by atoms with Crippen molar-refractivity contribution < 1.29 is 33.8 Å². The van der Waals surface area contributed by atoms with Crippen LogP contribution in [-0.2, 0) is 32.1 Å². The van der Waals surface area contributed by atoms with Gasteiger partial charge in [0.1, 0.15) is 12.1 Å². The highest BCUT2D eigenvalue weighted by atomic mass is 16.5. The SMILES string of the molecule is COc1cc2ccc1OCC(=O)NCCCN(Cc1cnn(-c3ccccc3C)c1)CCCCNC(=O)[C@H]([C@@H](C)O)NC(=O)[C@@H](CC(C)C)NC(=O)CC2. The van der Waals surface area contributed by atoms with Crippen molar-refractivity contribution in [3.8, 4) is 17.2 Å². The number of fused-ring (bicyclic) bond motifs is 23. The molecule has 54 heavy (non-hydrogen) atoms. The lowest BCUT2D eigenvalue weighted by Gasteiger charge is -2.26. The third-order valence-electron chi connectivity index (χ3n) is 9.23. The van der Waals surface area contributed by atoms with Crippen molar-refractivity contribution in [3.63, 3.8) is 0 Å². The van der Waals surface area contributed by atoms with E-state index in [9.17, 15) is 24.3 Å². The molecule has 3 aromatic rings. The van der Waals surface area contributed by atoms with E-state index in [0.717, 1.165) is 35.3 Å². The highest BCUT2D eigenvalue weighted by molar-refractivity contribution is 5.92. The summed E-state index contributed by atoms with van der Waals surface area (Å²) < 4.78 is 13.2. The average Bonchev–Trinajstić information content (AvgIpc) is 3.60. The lowest BCUT2D eigenvalue weighted by molar-refractivity contribution is -0.134. The van der Waals surface area contributed by atoms with Crippen molar-refractivity contribution in [2.24, 2.45) is 5.92 Å². The molecular weight excluding hydrogens is 690 g/mol. The molecule has 2 aromatic carbocycles. The maximum absolute atomic E-state index is 13.4. The molecule has 0 spiro atoms. The van der Waals surface area contributed by atoms with E-state index in [1.165, 1.54) is 14.0 Å². The Labute approximate surface area is 318 Å². The number of nitrogens with one attached hydrogen (secondary N) is 4. The van der Waals surface area contributed by atoms with E-state index in [-0.39, 0.29) is 30.8 Å². The van der Waals surface area contributed by atoms with Gasteiger partial charge in [-0.1, -0.05) is 38.1 Å². The number of ether oxygens (including phenoxy) is 2. The van der Waals surface area contributed by atoms with Gasteiger partial charge in [-0.05, 0) is 87.7 Å². The van der Waals surface area contributed by atoms with Gasteiger partial charge in [-0.25, -0.2) is 4.68 Å². The molecule has 3 heterocycles. The lowest BCUT2D eigenvalue weighted by Crippen LogP contribution is -2.57. The highest BCUT2D eigenvalue weighted by Crippen LogP contribution is 2.28. The minimum Gasteiger partial charge on any atom is -0.493 e. The lowest BCUT2D eigenvalue weighted by atomic mass is 10.0. The third-order valence-corrected chi connectivity index (χ3v) is 9.23. The van der Waals surface area contributed by atoms with Crippen LogP contribution < -0.4 is 30.7 Å². The number of aliphatic hydroxyl groups is 1. The van der Waals surface area contributed by atoms with Gasteiger partial charge in [0.25, 0.3) is 5.91 Å². The average molecular weight is 748 g/mol. The standard InChI is InChI=1S/C40H57N7O7/c1-27(2)21-32-39(51)45-38(29(4)48)40(52)42-17-8-9-19-46(24-31-23-43-47(25-31)33-12-7-6-11-28(33)3)20-10-18-41-37(50)26-54-34-15-13-30(22-35(34)53-5)14-16-36(49)44-32/h6-7,11-13,15,22-23,25,27,29,32,38,48H,8-10,14,16-21,24,26H2,1-5H3,(H,41,50)(H,42,52)(H,44,49)(H,45,51)/t29-,32-,38+/m1/s1. The van der Waals surface area contributed by atoms with Crippen LogP contribution in [0.4, 0.5) is 0 Å². The van der Waals surface area contributed by atoms with E-state index in [0.29, 0.717) is 63.4 Å². The first kappa shape index (κ1) is 41.8. The zero-order chi connectivity index (χ0) is 39.0. The summed E-state index contributed by atoms with van der Waals surface area (Å²) in [5.74, 6) is -0.701. The highest BCUT2D eigenvalue weighted by Gasteiger charge is 2.30. The fourth-order valence-electron chi connectivity index (χ4n) is 6.30. The summed E-state index contributed by atoms with van der Waals surface area (Å²) in [5, 5.41) is 26.4. The van der Waals surface area contributed by atoms with E-state index in [4.69, 9.17) is 9.47 Å². The van der Waals surface area contributed by atoms with Crippen molar-refractivity contribution in [2.75, 3.05) is 39.9 Å². The Kier molecular flexibility index (Phi) is 16.3. The van der Waals surface area contributed by atoms with Crippen molar-refractivity contribution in [3.05, 3.63) is 71.5 Å². The van der Waals surface area contributed by atoms with Crippen LogP contribution in [0.5, 0.6) is 11.5 Å². The summed E-state index contributed by atoms with van der Waals surface area (Å²) in [6.07, 6.45) is 5.68. The van der Waals surface area contributed by atoms with Gasteiger partial charge in [0.15, 0.2) is 18.1 Å². The molecule has 294 valence electrons. The molecule has 5 rings (SSSR count). The first-order chi connectivity index (χ1) is 25.9. The van der Waals surface area contributed by atoms with Gasteiger partial charge in [0, 0.05) is 44.4 Å². The monoisotopic (exact) mass is 747 g/mol. The molecule has 14 nitrogen and oxygen atoms in total. The predicted molar refractivity (Wildman–Crippen MR) is 205 cm³/mol. The number of benzene rings is 2. The number of carbonyl (C=O) groups excluding carboxylic acids is 4. The molecule has 5 N–H and O–H groups in total. The van der Waals surface area contributed by atoms with Crippen molar-refractivity contribution >= 4 is 23.6 Å². The fourth-order valence-corrected chi connectivity index (χ4v) is 6.30. The quantitative estimate of drug-likeness (QED) is 0.228. The largest absolute Gasteiger partial charge is 0.493 e. The number of aromatic nitrogens is 2. The number of methoxy groups -OCH3 is 1. The number of para-hydroxylation sites is 1. The van der Waals surface area contributed by atoms with Gasteiger partial charge in [-0.15, -0.1) is 0 Å². The number of hydrogen-bond donors (Lipinski definition) is 5. The Balaban J connectivity index is 1.48. The minimum atomic E-state index is -1.19. The molecule has 14 heteroatoms. The van der Waals surface area contributed by atoms with E-state index in [1.807, 2.05) is 62.1 Å². The molecule has 2 aliphatic rings. The Morgan fingerprint density at radius 3 is 2.43 bits per heavy atom. The van der Waals surface area contributed by atoms with Crippen LogP contribution in [0.2, 0.25) is 0 Å². The molecule has 0 aliphatic carbocycles. The second-order valence-corrected chi connectivity index (χ2v) is 14.3. The van der Waals surface area contributed by atoms with Gasteiger partial charge >= 0.3 is 0 Å². The van der Waals surface area contributed by atoms with Gasteiger partial charge in [-0.2, -0.15) is 5.10 Å². The zero-order valence-electron chi connectivity index (χ0n) is 32.2. The van der Waals surface area contributed by atoms with E-state index >= 15 is 0 Å². The number of nitrogens with zero attached hydrogens (tertiary/aromatic N) is 3. The normalized spacial score (nSPS) is 20.0. The summed E-state index contributed by atoms with van der Waals surface area (Å²) in [7, 11) is 1.51. The van der Waals surface area contributed by atoms with Crippen LogP contribution in [0.15, 0.2) is 54.9 Å². The van der Waals surface area contributed by atoms with E-state index in [1.54, 1.807) is 18.2 Å². The number of amides is 4. The van der Waals surface area contributed by atoms with Crippen LogP contribution in [0.3, 0.4) is 0 Å². The first-order valence-corrected chi connectivity index (χ1v) is 18.9. The number of rotatable bonds is 7. The maximum Gasteiger partial charge on any atom is 0.257 e. The van der Waals surface area contributed by atoms with Crippen molar-refractivity contribution in [2.45, 2.75) is 91.0 Å². The van der Waals surface area contributed by atoms with Gasteiger partial charge in [-0.3, -0.25) is 24.1 Å². The molecule has 0 saturated carbocycles. The molecule has 0 radical (unpaired) electrons. The number of aliphatic hydroxyl groups excluding tert-OH is 1. The van der Waals surface area contributed by atoms with Crippen LogP contribution in [0, 0.1) is 12.8 Å². The molecule has 4 amide bonds. The van der Waals surface area contributed by atoms with E-state index in [2.05, 4.69) is 31.3 Å². The number of carbonyl (C=O) groups is 4. The Morgan fingerprint density at radius 1 is 0.926 bits per heavy atom. The second kappa shape index (κ2) is 21.1. The first-order valence-electron chi connectivity index (χ1n) is 18.9. The molecule has 0 saturated heterocycles. The number of aryl methyl sites for hydroxylation is 2. The molecule has 2 aliphatic heterocycles. The second-order valence-electron chi connectivity index (χ2n) is 14.3. The fraction of sp³-hybridized carbons (Fsp3) is 0.525. The summed E-state index contributed by atoms with van der Waals surface area (Å²) in [5.41, 5.74) is 3.99. The number of hydrogen-bond acceptors (Lipinski definition) is 9. The van der Waals surface area contributed by atoms with Crippen LogP contribution in [-0.4, -0.2) is 101 Å². The molecule has 2 bridgehead atoms. The Hall–Kier alpha value is -4.95. The smallest absolute Gasteiger partial charge is 0.257 e. The minimum absolute atomic E-state index is 0.0721. The van der Waals surface area contributed by atoms with E-state index < -0.39 is 30.0 Å². The van der Waals surface area contributed by atoms with Crippen LogP contribution in [0.25, 0.3) is 5.69 Å². The zero-order valence-corrected chi connectivity index (χ0v) is 32.2. The summed E-state index contributed by atoms with van der Waals surface area (Å²) >= 11 is 0.